The molecule has 0 radical (unpaired) electrons. The van der Waals surface area contributed by atoms with Crippen LogP contribution in [0, 0.1) is 0 Å². The maximum atomic E-state index is 12.5. The average molecular weight is 350 g/mol. The highest BCUT2D eigenvalue weighted by atomic mass is 35.5. The summed E-state index contributed by atoms with van der Waals surface area (Å²) in [6, 6.07) is 6.86. The van der Waals surface area contributed by atoms with E-state index in [4.69, 9.17) is 5.73 Å². The Morgan fingerprint density at radius 3 is 2.62 bits per heavy atom. The monoisotopic (exact) mass is 349 g/mol. The molecule has 0 saturated carbocycles. The number of nitrogens with two attached hydrogens (primary N) is 1. The van der Waals surface area contributed by atoms with E-state index < -0.39 is 10.0 Å². The lowest BCUT2D eigenvalue weighted by Gasteiger charge is -2.16. The molecule has 0 aliphatic carbocycles. The Bertz CT molecular complexity index is 724. The van der Waals surface area contributed by atoms with Gasteiger partial charge in [-0.25, -0.2) is 8.42 Å². The Morgan fingerprint density at radius 1 is 1.19 bits per heavy atom. The van der Waals surface area contributed by atoms with Crippen molar-refractivity contribution in [3.63, 3.8) is 0 Å². The third-order valence-corrected chi connectivity index (χ3v) is 5.30. The van der Waals surface area contributed by atoms with Crippen LogP contribution in [0.15, 0.2) is 41.6 Å². The number of aromatic nitrogens is 1. The van der Waals surface area contributed by atoms with Gasteiger partial charge in [-0.2, -0.15) is 4.31 Å². The highest BCUT2D eigenvalue weighted by Gasteiger charge is 2.30. The predicted molar refractivity (Wildman–Crippen MR) is 87.6 cm³/mol. The van der Waals surface area contributed by atoms with Gasteiger partial charge in [-0.15, -0.1) is 24.8 Å². The molecular formula is C13H17Cl2N3O2S. The highest BCUT2D eigenvalue weighted by molar-refractivity contribution is 7.89. The normalized spacial score (nSPS) is 19.0. The van der Waals surface area contributed by atoms with Gasteiger partial charge < -0.3 is 5.73 Å². The summed E-state index contributed by atoms with van der Waals surface area (Å²) < 4.78 is 26.4. The maximum Gasteiger partial charge on any atom is 0.243 e. The number of hydrogen-bond acceptors (Lipinski definition) is 4. The van der Waals surface area contributed by atoms with Crippen molar-refractivity contribution >= 4 is 45.6 Å². The van der Waals surface area contributed by atoms with Crippen LogP contribution in [-0.2, 0) is 10.0 Å². The molecule has 1 aromatic carbocycles. The fourth-order valence-corrected chi connectivity index (χ4v) is 3.89. The van der Waals surface area contributed by atoms with Gasteiger partial charge in [0.15, 0.2) is 0 Å². The fourth-order valence-electron chi connectivity index (χ4n) is 2.34. The SMILES string of the molecule is Cl.Cl.N[C@@H]1CCN(S(=O)(=O)c2ccc3cnccc3c2)C1. The van der Waals surface area contributed by atoms with Gasteiger partial charge in [0, 0.05) is 36.9 Å². The van der Waals surface area contributed by atoms with Crippen LogP contribution in [0.4, 0.5) is 0 Å². The summed E-state index contributed by atoms with van der Waals surface area (Å²) in [5.74, 6) is 0. The standard InChI is InChI=1S/C13H15N3O2S.2ClH/c14-12-4-6-16(9-12)19(17,18)13-2-1-11-8-15-5-3-10(11)7-13;;/h1-3,5,7-8,12H,4,6,9,14H2;2*1H/t12-;;/m1../s1. The van der Waals surface area contributed by atoms with Gasteiger partial charge in [-0.05, 0) is 30.0 Å². The molecule has 1 aliphatic heterocycles. The highest BCUT2D eigenvalue weighted by Crippen LogP contribution is 2.23. The zero-order chi connectivity index (χ0) is 13.5. The Balaban J connectivity index is 0.00000110. The Hall–Kier alpha value is -0.920. The minimum Gasteiger partial charge on any atom is -0.326 e. The minimum atomic E-state index is -3.43. The first-order valence-electron chi connectivity index (χ1n) is 6.17. The van der Waals surface area contributed by atoms with E-state index in [2.05, 4.69) is 4.98 Å². The van der Waals surface area contributed by atoms with E-state index in [1.807, 2.05) is 6.07 Å². The van der Waals surface area contributed by atoms with E-state index in [1.54, 1.807) is 30.6 Å². The van der Waals surface area contributed by atoms with Crippen molar-refractivity contribution in [2.75, 3.05) is 13.1 Å². The summed E-state index contributed by atoms with van der Waals surface area (Å²) in [6.07, 6.45) is 4.10. The molecule has 1 fully saturated rings. The van der Waals surface area contributed by atoms with E-state index in [0.717, 1.165) is 17.2 Å². The van der Waals surface area contributed by atoms with Gasteiger partial charge in [-0.1, -0.05) is 6.07 Å². The van der Waals surface area contributed by atoms with E-state index >= 15 is 0 Å². The van der Waals surface area contributed by atoms with E-state index in [-0.39, 0.29) is 30.9 Å². The van der Waals surface area contributed by atoms with Gasteiger partial charge in [0.1, 0.15) is 0 Å². The first kappa shape index (κ1) is 18.1. The Morgan fingerprint density at radius 2 is 1.95 bits per heavy atom. The van der Waals surface area contributed by atoms with Gasteiger partial charge in [-0.3, -0.25) is 4.98 Å². The molecule has 2 aromatic rings. The van der Waals surface area contributed by atoms with Gasteiger partial charge >= 0.3 is 0 Å². The van der Waals surface area contributed by atoms with Crippen molar-refractivity contribution in [2.45, 2.75) is 17.4 Å². The number of pyridine rings is 1. The molecule has 0 unspecified atom stereocenters. The van der Waals surface area contributed by atoms with Crippen molar-refractivity contribution in [2.24, 2.45) is 5.73 Å². The number of sulfonamides is 1. The number of fused-ring (bicyclic) bond motifs is 1. The molecule has 0 spiro atoms. The first-order valence-corrected chi connectivity index (χ1v) is 7.61. The van der Waals surface area contributed by atoms with Crippen molar-refractivity contribution in [1.82, 2.24) is 9.29 Å². The van der Waals surface area contributed by atoms with Crippen molar-refractivity contribution in [3.8, 4) is 0 Å². The van der Waals surface area contributed by atoms with Crippen LogP contribution < -0.4 is 5.73 Å². The van der Waals surface area contributed by atoms with Crippen LogP contribution in [-0.4, -0.2) is 36.8 Å². The van der Waals surface area contributed by atoms with Crippen LogP contribution in [0.2, 0.25) is 0 Å². The minimum absolute atomic E-state index is 0. The van der Waals surface area contributed by atoms with Gasteiger partial charge in [0.25, 0.3) is 0 Å². The lowest BCUT2D eigenvalue weighted by molar-refractivity contribution is 0.472. The first-order chi connectivity index (χ1) is 9.07. The second-order valence-electron chi connectivity index (χ2n) is 4.80. The number of halogens is 2. The second-order valence-corrected chi connectivity index (χ2v) is 6.73. The molecule has 1 aliphatic rings. The number of rotatable bonds is 2. The van der Waals surface area contributed by atoms with Gasteiger partial charge in [0.05, 0.1) is 4.90 Å². The quantitative estimate of drug-likeness (QED) is 0.896. The number of hydrogen-bond donors (Lipinski definition) is 1. The molecule has 116 valence electrons. The second kappa shape index (κ2) is 6.89. The smallest absolute Gasteiger partial charge is 0.243 e. The zero-order valence-corrected chi connectivity index (χ0v) is 13.6. The summed E-state index contributed by atoms with van der Waals surface area (Å²) in [7, 11) is -3.43. The lowest BCUT2D eigenvalue weighted by Crippen LogP contribution is -2.31. The zero-order valence-electron chi connectivity index (χ0n) is 11.2. The van der Waals surface area contributed by atoms with Gasteiger partial charge in [0.2, 0.25) is 10.0 Å². The molecule has 1 saturated heterocycles. The van der Waals surface area contributed by atoms with Crippen molar-refractivity contribution < 1.29 is 8.42 Å². The van der Waals surface area contributed by atoms with E-state index in [0.29, 0.717) is 18.0 Å². The molecule has 8 heteroatoms. The summed E-state index contributed by atoms with van der Waals surface area (Å²) >= 11 is 0. The molecule has 1 aromatic heterocycles. The maximum absolute atomic E-state index is 12.5. The molecule has 0 amide bonds. The number of benzene rings is 1. The molecule has 21 heavy (non-hydrogen) atoms. The lowest BCUT2D eigenvalue weighted by atomic mass is 10.2. The molecule has 0 bridgehead atoms. The molecule has 2 heterocycles. The fraction of sp³-hybridized carbons (Fsp3) is 0.308. The Kier molecular flexibility index (Phi) is 5.95. The topological polar surface area (TPSA) is 76.3 Å². The van der Waals surface area contributed by atoms with Crippen LogP contribution in [0.1, 0.15) is 6.42 Å². The summed E-state index contributed by atoms with van der Waals surface area (Å²) in [5.41, 5.74) is 5.78. The molecule has 2 N–H and O–H groups in total. The van der Waals surface area contributed by atoms with Crippen LogP contribution >= 0.6 is 24.8 Å². The predicted octanol–water partition coefficient (Wildman–Crippen LogP) is 1.80. The number of nitrogens with zero attached hydrogens (tertiary/aromatic N) is 2. The van der Waals surface area contributed by atoms with Crippen LogP contribution in [0.3, 0.4) is 0 Å². The summed E-state index contributed by atoms with van der Waals surface area (Å²) in [4.78, 5) is 4.34. The molecule has 3 rings (SSSR count). The molecule has 5 nitrogen and oxygen atoms in total. The average Bonchev–Trinajstić information content (AvgIpc) is 2.85. The largest absolute Gasteiger partial charge is 0.326 e. The molecular weight excluding hydrogens is 333 g/mol. The van der Waals surface area contributed by atoms with Crippen LogP contribution in [0.5, 0.6) is 0 Å². The van der Waals surface area contributed by atoms with E-state index in [1.165, 1.54) is 4.31 Å². The van der Waals surface area contributed by atoms with E-state index in [9.17, 15) is 8.42 Å². The summed E-state index contributed by atoms with van der Waals surface area (Å²) in [5, 5.41) is 1.80. The Labute approximate surface area is 136 Å². The summed E-state index contributed by atoms with van der Waals surface area (Å²) in [6.45, 7) is 0.897. The van der Waals surface area contributed by atoms with Crippen molar-refractivity contribution in [1.29, 1.82) is 0 Å². The van der Waals surface area contributed by atoms with Crippen molar-refractivity contribution in [3.05, 3.63) is 36.7 Å². The molecule has 1 atom stereocenters. The third-order valence-electron chi connectivity index (χ3n) is 3.44. The third kappa shape index (κ3) is 3.46. The van der Waals surface area contributed by atoms with Crippen LogP contribution in [0.25, 0.3) is 10.8 Å².